The lowest BCUT2D eigenvalue weighted by atomic mass is 9.81. The maximum absolute atomic E-state index is 2.56. The molecule has 6 nitrogen and oxygen atoms in total. The van der Waals surface area contributed by atoms with Crippen LogP contribution in [-0.4, -0.2) is 27.2 Å². The molecule has 0 spiro atoms. The molecule has 5 heterocycles. The molecule has 0 bridgehead atoms. The molecule has 4 aromatic heterocycles. The number of rotatable bonds is 16. The van der Waals surface area contributed by atoms with Crippen molar-refractivity contribution in [3.05, 3.63) is 396 Å². The van der Waals surface area contributed by atoms with Gasteiger partial charge in [-0.05, 0) is 346 Å². The molecule has 5 fully saturated rings. The summed E-state index contributed by atoms with van der Waals surface area (Å²) >= 11 is 0. The number of anilines is 2. The van der Waals surface area contributed by atoms with Crippen LogP contribution in [0.3, 0.4) is 0 Å². The number of hydrogen-bond acceptors (Lipinski definition) is 2. The van der Waals surface area contributed by atoms with Crippen LogP contribution in [0.25, 0.3) is 155 Å². The number of nitrogens with zero attached hydrogens (tertiary/aromatic N) is 6. The number of pyridine rings is 4. The van der Waals surface area contributed by atoms with Gasteiger partial charge >= 0.3 is 0 Å². The first kappa shape index (κ1) is 95.8. The van der Waals surface area contributed by atoms with Crippen LogP contribution in [0.15, 0.2) is 346 Å². The van der Waals surface area contributed by atoms with Gasteiger partial charge in [0, 0.05) is 107 Å². The molecule has 1 aliphatic heterocycles. The van der Waals surface area contributed by atoms with Crippen molar-refractivity contribution in [2.24, 2.45) is 28.2 Å². The van der Waals surface area contributed by atoms with Gasteiger partial charge in [0.2, 0.25) is 22.8 Å². The van der Waals surface area contributed by atoms with E-state index in [1.165, 1.54) is 377 Å². The summed E-state index contributed by atoms with van der Waals surface area (Å²) in [4.78, 5) is 4.73. The summed E-state index contributed by atoms with van der Waals surface area (Å²) in [5.74, 6) is 2.59. The van der Waals surface area contributed by atoms with Gasteiger partial charge in [-0.15, -0.1) is 0 Å². The summed E-state index contributed by atoms with van der Waals surface area (Å²) in [5, 5.41) is 10.5. The molecule has 4 aliphatic carbocycles. The van der Waals surface area contributed by atoms with E-state index in [2.05, 4.69) is 451 Å². The van der Waals surface area contributed by atoms with Gasteiger partial charge in [-0.1, -0.05) is 295 Å². The van der Waals surface area contributed by atoms with Crippen molar-refractivity contribution < 1.29 is 18.3 Å². The van der Waals surface area contributed by atoms with E-state index in [-0.39, 0.29) is 0 Å². The summed E-state index contributed by atoms with van der Waals surface area (Å²) in [7, 11) is 13.1. The molecule has 1 saturated heterocycles. The highest BCUT2D eigenvalue weighted by Crippen LogP contribution is 2.47. The van der Waals surface area contributed by atoms with E-state index < -0.39 is 0 Å². The Labute approximate surface area is 846 Å². The second kappa shape index (κ2) is 43.8. The fourth-order valence-electron chi connectivity index (χ4n) is 24.1. The van der Waals surface area contributed by atoms with Crippen molar-refractivity contribution in [3.8, 4) is 112 Å². The summed E-state index contributed by atoms with van der Waals surface area (Å²) in [5.41, 5.74) is 41.7. The van der Waals surface area contributed by atoms with E-state index >= 15 is 0 Å². The highest BCUT2D eigenvalue weighted by Gasteiger charge is 2.32. The summed E-state index contributed by atoms with van der Waals surface area (Å²) in [6.45, 7) is 13.4. The molecule has 714 valence electrons. The monoisotopic (exact) mass is 1860 g/mol. The quantitative estimate of drug-likeness (QED) is 0.0900. The third kappa shape index (κ3) is 21.4. The van der Waals surface area contributed by atoms with Crippen molar-refractivity contribution in [3.63, 3.8) is 0 Å². The van der Waals surface area contributed by atoms with Crippen LogP contribution >= 0.6 is 0 Å². The van der Waals surface area contributed by atoms with E-state index in [4.69, 9.17) is 0 Å². The second-order valence-corrected chi connectivity index (χ2v) is 42.4. The molecule has 142 heavy (non-hydrogen) atoms. The Bertz CT molecular complexity index is 7550. The van der Waals surface area contributed by atoms with Crippen LogP contribution in [-0.2, 0) is 28.2 Å². The van der Waals surface area contributed by atoms with Crippen molar-refractivity contribution in [1.29, 1.82) is 0 Å². The Morgan fingerprint density at radius 2 is 0.472 bits per heavy atom. The van der Waals surface area contributed by atoms with Gasteiger partial charge in [-0.3, -0.25) is 0 Å². The Morgan fingerprint density at radius 1 is 0.218 bits per heavy atom. The normalized spacial score (nSPS) is 15.0. The Morgan fingerprint density at radius 3 is 0.789 bits per heavy atom. The minimum atomic E-state index is 0.639. The third-order valence-corrected chi connectivity index (χ3v) is 32.4. The first-order valence-electron chi connectivity index (χ1n) is 53.5. The molecule has 4 saturated carbocycles. The van der Waals surface area contributed by atoms with E-state index in [1.807, 2.05) is 0 Å². The molecule has 18 aromatic rings. The maximum Gasteiger partial charge on any atom is 0.213 e. The molecule has 0 N–H and O–H groups in total. The summed E-state index contributed by atoms with van der Waals surface area (Å²) in [6.07, 6.45) is 40.4. The van der Waals surface area contributed by atoms with E-state index in [9.17, 15) is 0 Å². The molecular formula is C136H144N6+4. The fraction of sp³-hybridized carbons (Fsp3) is 0.294. The first-order valence-corrected chi connectivity index (χ1v) is 53.5. The van der Waals surface area contributed by atoms with Gasteiger partial charge in [0.25, 0.3) is 0 Å². The van der Waals surface area contributed by atoms with Crippen LogP contribution < -0.4 is 28.1 Å². The molecule has 0 atom stereocenters. The van der Waals surface area contributed by atoms with Crippen LogP contribution in [0.2, 0.25) is 0 Å². The molecule has 14 aromatic carbocycles. The summed E-state index contributed by atoms with van der Waals surface area (Å²) in [6, 6.07) is 120. The number of aryl methyl sites for hydroxylation is 9. The molecular weight excluding hydrogens is 1720 g/mol. The van der Waals surface area contributed by atoms with Gasteiger partial charge < -0.3 is 9.80 Å². The topological polar surface area (TPSA) is 22.0 Å². The first-order chi connectivity index (χ1) is 69.4. The van der Waals surface area contributed by atoms with Gasteiger partial charge in [0.1, 0.15) is 28.2 Å². The second-order valence-electron chi connectivity index (χ2n) is 42.4. The largest absolute Gasteiger partial charge is 0.378 e. The van der Waals surface area contributed by atoms with Gasteiger partial charge in [-0.25, -0.2) is 18.3 Å². The maximum atomic E-state index is 2.56. The Balaban J connectivity index is 0.000000116. The fourth-order valence-corrected chi connectivity index (χ4v) is 24.1. The van der Waals surface area contributed by atoms with Crippen LogP contribution in [0.5, 0.6) is 0 Å². The highest BCUT2D eigenvalue weighted by atomic mass is 15.1. The predicted molar refractivity (Wildman–Crippen MR) is 602 cm³/mol. The van der Waals surface area contributed by atoms with E-state index in [0.717, 1.165) is 0 Å². The SMILES string of the molecule is Cc1ccc(-c2ccc3cc(-c4cc(-c5ccccc5C)[n+](C)cc4C4CCCCC4)ccc3c2)cc1.Cc1ccccc1-c1cc(-c2ccc3cc(-c4ccccc4)ccc3c2)c(C2CCCCC2)c[n+]1C.Cc1ccccc1-c1cc(-c2ccc3cc(N(C)C)ccc3c2)c(C2CCCCC2)c[n+]1C.Cc1ccccc1-c1cc(-c2ccc3cc(N4CCCCC4)ccc3c2)c(C2CCCCC2)c[n+]1C. The molecule has 23 rings (SSSR count). The average Bonchev–Trinajstić information content (AvgIpc) is 0.776. The standard InChI is InChI=1S/C36H36N.C35H34N.C34H39N2.C31H35N2/c1-25-13-15-27(16-14-25)29-17-18-31-22-32(20-19-30(31)21-29)34-23-36(33-12-8-7-9-26(33)2)37(3)24-35(34)28-10-5-4-6-11-28;1-25-11-9-10-16-32(25)35-23-33(34(24-36(35)2)27-14-7-4-8-15-27)31-20-19-29-21-28(17-18-30(29)22-31)26-12-5-3-6-13-26;1-25-11-7-8-14-31(25)34-23-32(33(24-35(34)2)26-12-5-3-6-13-26)29-16-15-28-22-30(18-17-27(28)21-29)36-19-9-4-10-20-36;1-22-10-8-9-13-28(22)31-20-29(30(21-33(31)4)23-11-6-5-7-12-23)26-15-14-25-19-27(32(2)3)17-16-24(25)18-26/h7-9,12-24,28H,4-6,10-11H2,1-3H3;3,5-6,9-13,16-24,27H,4,7-8,14-15H2,1-2H3;7-8,11,14-18,21-24,26H,3-6,9-10,12-13,19-20H2,1-2H3;8-10,13-21,23H,5-7,11-12H2,1-4H3/q4*+1. The lowest BCUT2D eigenvalue weighted by molar-refractivity contribution is -0.660. The molecule has 0 unspecified atom stereocenters. The van der Waals surface area contributed by atoms with E-state index in [0.29, 0.717) is 23.7 Å². The number of hydrogen-bond donors (Lipinski definition) is 0. The van der Waals surface area contributed by atoms with Crippen LogP contribution in [0.1, 0.15) is 221 Å². The van der Waals surface area contributed by atoms with Crippen LogP contribution in [0.4, 0.5) is 11.4 Å². The van der Waals surface area contributed by atoms with E-state index in [1.54, 1.807) is 0 Å². The molecule has 0 radical (unpaired) electrons. The van der Waals surface area contributed by atoms with Crippen molar-refractivity contribution in [2.45, 2.75) is 206 Å². The number of piperidine rings is 1. The third-order valence-electron chi connectivity index (χ3n) is 32.4. The highest BCUT2D eigenvalue weighted by molar-refractivity contribution is 5.96. The zero-order valence-electron chi connectivity index (χ0n) is 86.1. The number of aromatic nitrogens is 4. The Hall–Kier alpha value is -13.7. The minimum Gasteiger partial charge on any atom is -0.378 e. The smallest absolute Gasteiger partial charge is 0.213 e. The van der Waals surface area contributed by atoms with Crippen LogP contribution in [0, 0.1) is 34.6 Å². The number of fused-ring (bicyclic) bond motifs is 4. The van der Waals surface area contributed by atoms with Gasteiger partial charge in [0.05, 0.1) is 0 Å². The van der Waals surface area contributed by atoms with Gasteiger partial charge in [-0.2, -0.15) is 0 Å². The number of benzene rings is 14. The Kier molecular flexibility index (Phi) is 29.6. The molecule has 0 amide bonds. The van der Waals surface area contributed by atoms with Crippen molar-refractivity contribution in [2.75, 3.05) is 37.0 Å². The zero-order valence-corrected chi connectivity index (χ0v) is 86.1. The summed E-state index contributed by atoms with van der Waals surface area (Å²) < 4.78 is 9.41. The molecule has 6 heteroatoms. The van der Waals surface area contributed by atoms with Crippen molar-refractivity contribution in [1.82, 2.24) is 0 Å². The minimum absolute atomic E-state index is 0.639. The molecule has 5 aliphatic rings. The predicted octanol–water partition coefficient (Wildman–Crippen LogP) is 34.1. The average molecular weight is 1860 g/mol. The lowest BCUT2D eigenvalue weighted by Gasteiger charge is -2.29. The zero-order chi connectivity index (χ0) is 97.3. The lowest BCUT2D eigenvalue weighted by Crippen LogP contribution is -2.32. The van der Waals surface area contributed by atoms with Crippen molar-refractivity contribution >= 4 is 54.5 Å². The van der Waals surface area contributed by atoms with Gasteiger partial charge in [0.15, 0.2) is 24.8 Å².